The lowest BCUT2D eigenvalue weighted by Gasteiger charge is -2.62. The third kappa shape index (κ3) is 0.289. The second-order valence-electron chi connectivity index (χ2n) is 5.36. The van der Waals surface area contributed by atoms with Crippen molar-refractivity contribution in [1.29, 1.82) is 0 Å². The van der Waals surface area contributed by atoms with Crippen LogP contribution in [-0.2, 0) is 4.79 Å². The molecule has 6 fully saturated rings. The molecule has 6 rings (SSSR count). The molecule has 9 atom stereocenters. The van der Waals surface area contributed by atoms with Crippen molar-refractivity contribution >= 4 is 28.4 Å². The molecule has 62 valence electrons. The third-order valence-electron chi connectivity index (χ3n) is 5.72. The highest BCUT2D eigenvalue weighted by atomic mass is 127. The van der Waals surface area contributed by atoms with Crippen LogP contribution in [0.25, 0.3) is 0 Å². The SMILES string of the molecule is O=C1[C@@H]2[C@@H]3[C@@H]4[C@H]5[C@@H](I)[C@@H]3[C@H]1[C@H]5[C@H]24. The predicted molar refractivity (Wildman–Crippen MR) is 50.7 cm³/mol. The Bertz CT molecular complexity index is 337. The molecular weight excluding hydrogens is 263 g/mol. The Morgan fingerprint density at radius 3 is 2.00 bits per heavy atom. The molecule has 2 heteroatoms. The summed E-state index contributed by atoms with van der Waals surface area (Å²) >= 11 is 2.63. The van der Waals surface area contributed by atoms with E-state index in [1.807, 2.05) is 0 Å². The maximum atomic E-state index is 11.8. The molecule has 0 aromatic rings. The summed E-state index contributed by atoms with van der Waals surface area (Å²) in [6.45, 7) is 0. The Labute approximate surface area is 84.4 Å². The van der Waals surface area contributed by atoms with Crippen LogP contribution in [0.4, 0.5) is 0 Å². The number of carbonyl (C=O) groups excluding carboxylic acids is 1. The highest BCUT2D eigenvalue weighted by Crippen LogP contribution is 2.88. The van der Waals surface area contributed by atoms with E-state index in [9.17, 15) is 4.79 Å². The number of carbonyl (C=O) groups is 1. The number of Topliss-reactive ketones (excluding diaryl/α,β-unsaturated/α-hetero) is 1. The number of hydrogen-bond donors (Lipinski definition) is 0. The molecule has 12 heavy (non-hydrogen) atoms. The van der Waals surface area contributed by atoms with E-state index in [1.165, 1.54) is 0 Å². The molecule has 1 nitrogen and oxygen atoms in total. The van der Waals surface area contributed by atoms with Gasteiger partial charge in [-0.05, 0) is 35.5 Å². The lowest BCUT2D eigenvalue weighted by atomic mass is 9.41. The third-order valence-corrected chi connectivity index (χ3v) is 7.38. The summed E-state index contributed by atoms with van der Waals surface area (Å²) in [7, 11) is 0. The molecule has 0 amide bonds. The molecule has 6 saturated carbocycles. The minimum absolute atomic E-state index is 0.571. The summed E-state index contributed by atoms with van der Waals surface area (Å²) in [5.74, 6) is 7.44. The molecule has 6 aliphatic carbocycles. The molecule has 0 aromatic heterocycles. The van der Waals surface area contributed by atoms with Crippen LogP contribution in [0.2, 0.25) is 0 Å². The van der Waals surface area contributed by atoms with Crippen molar-refractivity contribution in [2.75, 3.05) is 0 Å². The summed E-state index contributed by atoms with van der Waals surface area (Å²) in [5, 5.41) is 0. The van der Waals surface area contributed by atoms with Crippen LogP contribution in [-0.4, -0.2) is 9.71 Å². The highest BCUT2D eigenvalue weighted by molar-refractivity contribution is 14.1. The van der Waals surface area contributed by atoms with E-state index in [-0.39, 0.29) is 0 Å². The Kier molecular flexibility index (Phi) is 0.666. The van der Waals surface area contributed by atoms with Gasteiger partial charge in [0, 0.05) is 15.8 Å². The minimum Gasteiger partial charge on any atom is -0.299 e. The van der Waals surface area contributed by atoms with Crippen LogP contribution in [0.1, 0.15) is 0 Å². The van der Waals surface area contributed by atoms with Gasteiger partial charge in [-0.15, -0.1) is 0 Å². The van der Waals surface area contributed by atoms with Gasteiger partial charge in [-0.25, -0.2) is 0 Å². The average molecular weight is 272 g/mol. The molecule has 0 spiro atoms. The van der Waals surface area contributed by atoms with Gasteiger partial charge < -0.3 is 0 Å². The Hall–Kier alpha value is 0.400. The first-order chi connectivity index (χ1) is 5.82. The lowest BCUT2D eigenvalue weighted by Crippen LogP contribution is -2.61. The van der Waals surface area contributed by atoms with E-state index in [2.05, 4.69) is 22.6 Å². The van der Waals surface area contributed by atoms with Gasteiger partial charge in [0.05, 0.1) is 0 Å². The van der Waals surface area contributed by atoms with Crippen molar-refractivity contribution in [1.82, 2.24) is 0 Å². The van der Waals surface area contributed by atoms with E-state index in [4.69, 9.17) is 0 Å². The topological polar surface area (TPSA) is 17.1 Å². The Balaban J connectivity index is 1.88. The van der Waals surface area contributed by atoms with Crippen molar-refractivity contribution in [2.24, 2.45) is 47.3 Å². The largest absolute Gasteiger partial charge is 0.299 e. The second-order valence-corrected chi connectivity index (χ2v) is 6.80. The predicted octanol–water partition coefficient (Wildman–Crippen LogP) is 1.36. The van der Waals surface area contributed by atoms with E-state index in [0.29, 0.717) is 17.6 Å². The molecule has 4 bridgehead atoms. The van der Waals surface area contributed by atoms with Crippen molar-refractivity contribution in [3.63, 3.8) is 0 Å². The first kappa shape index (κ1) is 5.99. The van der Waals surface area contributed by atoms with Gasteiger partial charge in [-0.2, -0.15) is 0 Å². The van der Waals surface area contributed by atoms with Crippen LogP contribution in [0.15, 0.2) is 0 Å². The van der Waals surface area contributed by atoms with Crippen LogP contribution in [0.3, 0.4) is 0 Å². The van der Waals surface area contributed by atoms with Gasteiger partial charge in [0.25, 0.3) is 0 Å². The number of hydrogen-bond acceptors (Lipinski definition) is 1. The lowest BCUT2D eigenvalue weighted by molar-refractivity contribution is -0.170. The zero-order chi connectivity index (χ0) is 7.77. The van der Waals surface area contributed by atoms with Gasteiger partial charge in [-0.3, -0.25) is 4.79 Å². The molecule has 0 aromatic carbocycles. The second kappa shape index (κ2) is 1.33. The number of rotatable bonds is 0. The molecular formula is C10H9IO. The summed E-state index contributed by atoms with van der Waals surface area (Å²) in [6.07, 6.45) is 0. The zero-order valence-corrected chi connectivity index (χ0v) is 8.64. The molecule has 0 aliphatic heterocycles. The monoisotopic (exact) mass is 272 g/mol. The van der Waals surface area contributed by atoms with E-state index < -0.39 is 0 Å². The van der Waals surface area contributed by atoms with E-state index in [1.54, 1.807) is 0 Å². The van der Waals surface area contributed by atoms with Crippen molar-refractivity contribution in [2.45, 2.75) is 3.92 Å². The zero-order valence-electron chi connectivity index (χ0n) is 6.48. The fourth-order valence-electron chi connectivity index (χ4n) is 5.77. The van der Waals surface area contributed by atoms with E-state index >= 15 is 0 Å². The number of halogens is 1. The summed E-state index contributed by atoms with van der Waals surface area (Å²) in [5.41, 5.74) is 0. The smallest absolute Gasteiger partial charge is 0.140 e. The fraction of sp³-hybridized carbons (Fsp3) is 0.900. The van der Waals surface area contributed by atoms with Gasteiger partial charge >= 0.3 is 0 Å². The van der Waals surface area contributed by atoms with Crippen LogP contribution in [0, 0.1) is 47.3 Å². The molecule has 0 N–H and O–H groups in total. The Morgan fingerprint density at radius 1 is 0.833 bits per heavy atom. The van der Waals surface area contributed by atoms with E-state index in [0.717, 1.165) is 39.4 Å². The maximum absolute atomic E-state index is 11.8. The standard InChI is InChI=1S/C10H9IO/c11-9-5-1-2-4(5)8-6(9)3(1)7(2)10(8)12/h1-9H/t1-,2-,3-,4+,5-,6+,7+,8-,9-/m1/s1. The normalized spacial score (nSPS) is 84.4. The highest BCUT2D eigenvalue weighted by Gasteiger charge is 2.89. The van der Waals surface area contributed by atoms with Crippen LogP contribution in [0.5, 0.6) is 0 Å². The van der Waals surface area contributed by atoms with Gasteiger partial charge in [0.15, 0.2) is 0 Å². The molecule has 0 radical (unpaired) electrons. The summed E-state index contributed by atoms with van der Waals surface area (Å²) < 4.78 is 0.889. The van der Waals surface area contributed by atoms with Gasteiger partial charge in [-0.1, -0.05) is 22.6 Å². The van der Waals surface area contributed by atoms with Crippen LogP contribution >= 0.6 is 22.6 Å². The number of ketones is 1. The fourth-order valence-corrected chi connectivity index (χ4v) is 7.65. The van der Waals surface area contributed by atoms with Crippen molar-refractivity contribution in [3.8, 4) is 0 Å². The first-order valence-electron chi connectivity index (χ1n) is 5.00. The summed E-state index contributed by atoms with van der Waals surface area (Å²) in [6, 6.07) is 0. The van der Waals surface area contributed by atoms with Gasteiger partial charge in [0.1, 0.15) is 5.78 Å². The minimum atomic E-state index is 0.571. The van der Waals surface area contributed by atoms with Gasteiger partial charge in [0.2, 0.25) is 0 Å². The summed E-state index contributed by atoms with van der Waals surface area (Å²) in [4.78, 5) is 11.8. The van der Waals surface area contributed by atoms with Crippen LogP contribution < -0.4 is 0 Å². The molecule has 0 heterocycles. The molecule has 0 unspecified atom stereocenters. The first-order valence-corrected chi connectivity index (χ1v) is 6.25. The maximum Gasteiger partial charge on any atom is 0.140 e. The van der Waals surface area contributed by atoms with Crippen molar-refractivity contribution in [3.05, 3.63) is 0 Å². The molecule has 0 saturated heterocycles. The number of alkyl halides is 1. The molecule has 6 aliphatic rings. The Morgan fingerprint density at radius 2 is 1.42 bits per heavy atom. The quantitative estimate of drug-likeness (QED) is 0.480. The van der Waals surface area contributed by atoms with Crippen molar-refractivity contribution < 1.29 is 4.79 Å². The average Bonchev–Trinajstić information content (AvgIpc) is 2.45.